The molecule has 0 heterocycles. The van der Waals surface area contributed by atoms with Gasteiger partial charge in [-0.25, -0.2) is 0 Å². The van der Waals surface area contributed by atoms with Crippen LogP contribution in [0.25, 0.3) is 0 Å². The Kier molecular flexibility index (Phi) is 31.2. The van der Waals surface area contributed by atoms with Gasteiger partial charge in [0, 0.05) is 24.2 Å². The summed E-state index contributed by atoms with van der Waals surface area (Å²) in [7, 11) is 0. The molecule has 0 spiro atoms. The Morgan fingerprint density at radius 1 is 0.519 bits per heavy atom. The fraction of sp³-hybridized carbons (Fsp3) is 0.833. The number of rotatable bonds is 35. The van der Waals surface area contributed by atoms with E-state index < -0.39 is 0 Å². The molecule has 0 aliphatic heterocycles. The van der Waals surface area contributed by atoms with E-state index in [2.05, 4.69) is 44.6 Å². The van der Waals surface area contributed by atoms with Gasteiger partial charge in [-0.05, 0) is 75.0 Å². The molecule has 302 valence electrons. The van der Waals surface area contributed by atoms with Crippen LogP contribution in [0.2, 0.25) is 0 Å². The van der Waals surface area contributed by atoms with Crippen LogP contribution >= 0.6 is 0 Å². The highest BCUT2D eigenvalue weighted by atomic mass is 16.2. The Morgan fingerprint density at radius 2 is 0.904 bits per heavy atom. The zero-order chi connectivity index (χ0) is 38.1. The van der Waals surface area contributed by atoms with Gasteiger partial charge in [-0.1, -0.05) is 194 Å². The van der Waals surface area contributed by atoms with Crippen molar-refractivity contribution in [2.75, 3.05) is 13.1 Å². The maximum absolute atomic E-state index is 12.1. The van der Waals surface area contributed by atoms with Crippen molar-refractivity contribution in [3.63, 3.8) is 0 Å². The molecule has 0 bridgehead atoms. The number of unbranched alkanes of at least 4 members (excludes halogenated alkanes) is 18. The minimum absolute atomic E-state index is 0.0265. The lowest BCUT2D eigenvalue weighted by Gasteiger charge is -2.44. The van der Waals surface area contributed by atoms with Crippen LogP contribution in [0.3, 0.4) is 0 Å². The van der Waals surface area contributed by atoms with Crippen LogP contribution in [0.1, 0.15) is 220 Å². The Bertz CT molecular complexity index is 939. The number of carbonyl (C=O) groups excluding carboxylic acids is 2. The number of amides is 2. The van der Waals surface area contributed by atoms with Crippen molar-refractivity contribution in [1.82, 2.24) is 10.6 Å². The molecule has 1 fully saturated rings. The molecule has 0 aromatic carbocycles. The molecule has 2 N–H and O–H groups in total. The Hall–Kier alpha value is -1.84. The van der Waals surface area contributed by atoms with Gasteiger partial charge in [0.2, 0.25) is 5.91 Å². The van der Waals surface area contributed by atoms with Crippen LogP contribution in [0, 0.1) is 23.7 Å². The van der Waals surface area contributed by atoms with Crippen LogP contribution in [0.15, 0.2) is 36.5 Å². The zero-order valence-corrected chi connectivity index (χ0v) is 35.3. The normalized spacial score (nSPS) is 18.8. The van der Waals surface area contributed by atoms with Gasteiger partial charge in [-0.2, -0.15) is 0 Å². The first-order valence-corrected chi connectivity index (χ1v) is 23.0. The molecule has 1 rings (SSSR count). The first kappa shape index (κ1) is 48.2. The largest absolute Gasteiger partial charge is 0.352 e. The monoisotopic (exact) mass is 725 g/mol. The minimum Gasteiger partial charge on any atom is -0.352 e. The maximum atomic E-state index is 12.1. The number of hydrogen-bond acceptors (Lipinski definition) is 2. The predicted molar refractivity (Wildman–Crippen MR) is 229 cm³/mol. The van der Waals surface area contributed by atoms with Gasteiger partial charge in [0.25, 0.3) is 5.91 Å². The Balaban J connectivity index is 2.63. The van der Waals surface area contributed by atoms with Crippen molar-refractivity contribution >= 4 is 11.8 Å². The van der Waals surface area contributed by atoms with Crippen molar-refractivity contribution in [1.29, 1.82) is 0 Å². The summed E-state index contributed by atoms with van der Waals surface area (Å²) in [4.78, 5) is 24.1. The lowest BCUT2D eigenvalue weighted by molar-refractivity contribution is -0.118. The second-order valence-electron chi connectivity index (χ2n) is 16.5. The van der Waals surface area contributed by atoms with Gasteiger partial charge in [-0.15, -0.1) is 0 Å². The SMILES string of the molecule is C=C(/C=C\CC)C(=O)NCCCCCCCCC1CCC(CCCCCC)C(CCCCCCCC)C1CCCCCCCCNC(=O)C(=C)CC. The maximum Gasteiger partial charge on any atom is 0.250 e. The first-order valence-electron chi connectivity index (χ1n) is 23.0. The van der Waals surface area contributed by atoms with E-state index in [4.69, 9.17) is 0 Å². The van der Waals surface area contributed by atoms with Crippen molar-refractivity contribution < 1.29 is 9.59 Å². The molecular formula is C48H88N2O2. The third-order valence-electron chi connectivity index (χ3n) is 12.1. The summed E-state index contributed by atoms with van der Waals surface area (Å²) in [6.07, 6.45) is 43.8. The number of hydrogen-bond donors (Lipinski definition) is 2. The molecule has 1 aliphatic carbocycles. The van der Waals surface area contributed by atoms with E-state index in [0.29, 0.717) is 11.1 Å². The highest BCUT2D eigenvalue weighted by Gasteiger charge is 2.37. The quantitative estimate of drug-likeness (QED) is 0.0388. The van der Waals surface area contributed by atoms with E-state index in [9.17, 15) is 9.59 Å². The second kappa shape index (κ2) is 33.7. The molecule has 52 heavy (non-hydrogen) atoms. The van der Waals surface area contributed by atoms with Crippen LogP contribution in [-0.2, 0) is 9.59 Å². The molecule has 1 aliphatic rings. The summed E-state index contributed by atoms with van der Waals surface area (Å²) >= 11 is 0. The molecule has 4 atom stereocenters. The summed E-state index contributed by atoms with van der Waals surface area (Å²) in [5.41, 5.74) is 1.25. The molecule has 0 aromatic rings. The van der Waals surface area contributed by atoms with E-state index in [-0.39, 0.29) is 11.8 Å². The summed E-state index contributed by atoms with van der Waals surface area (Å²) in [6.45, 7) is 18.0. The first-order chi connectivity index (χ1) is 25.4. The Morgan fingerprint density at radius 3 is 1.35 bits per heavy atom. The highest BCUT2D eigenvalue weighted by molar-refractivity contribution is 5.95. The lowest BCUT2D eigenvalue weighted by atomic mass is 9.61. The summed E-state index contributed by atoms with van der Waals surface area (Å²) in [5.74, 6) is 3.80. The molecular weight excluding hydrogens is 637 g/mol. The van der Waals surface area contributed by atoms with Crippen molar-refractivity contribution in [3.05, 3.63) is 36.5 Å². The van der Waals surface area contributed by atoms with Gasteiger partial charge in [0.1, 0.15) is 0 Å². The molecule has 1 saturated carbocycles. The van der Waals surface area contributed by atoms with Gasteiger partial charge in [-0.3, -0.25) is 9.59 Å². The molecule has 4 nitrogen and oxygen atoms in total. The highest BCUT2D eigenvalue weighted by Crippen LogP contribution is 2.47. The molecule has 0 aromatic heterocycles. The standard InChI is InChI=1S/C48H88N2O2/c1-7-11-14-16-22-28-35-45-43(33-26-15-12-8-2)37-38-44(34-27-21-17-19-24-31-40-50-48(52)42(6)32-13-9-3)46(45)36-29-23-18-20-25-30-39-49-47(51)41(5)10-4/h13,32,43-46H,5-12,14-31,33-40H2,1-4H3,(H,49,51)(H,50,52)/b32-13-. The third-order valence-corrected chi connectivity index (χ3v) is 12.1. The second-order valence-corrected chi connectivity index (χ2v) is 16.5. The van der Waals surface area contributed by atoms with Gasteiger partial charge >= 0.3 is 0 Å². The fourth-order valence-corrected chi connectivity index (χ4v) is 8.76. The van der Waals surface area contributed by atoms with Crippen LogP contribution in [-0.4, -0.2) is 24.9 Å². The molecule has 0 saturated heterocycles. The summed E-state index contributed by atoms with van der Waals surface area (Å²) in [6, 6.07) is 0. The van der Waals surface area contributed by atoms with E-state index in [1.165, 1.54) is 167 Å². The topological polar surface area (TPSA) is 58.2 Å². The molecule has 2 amide bonds. The van der Waals surface area contributed by atoms with Crippen LogP contribution in [0.5, 0.6) is 0 Å². The third kappa shape index (κ3) is 23.7. The zero-order valence-electron chi connectivity index (χ0n) is 35.3. The number of carbonyl (C=O) groups is 2. The average molecular weight is 725 g/mol. The van der Waals surface area contributed by atoms with Gasteiger partial charge in [0.15, 0.2) is 0 Å². The number of allylic oxidation sites excluding steroid dienone is 1. The van der Waals surface area contributed by atoms with E-state index in [1.807, 2.05) is 19.1 Å². The van der Waals surface area contributed by atoms with Gasteiger partial charge < -0.3 is 10.6 Å². The molecule has 4 unspecified atom stereocenters. The molecule has 0 radical (unpaired) electrons. The van der Waals surface area contributed by atoms with E-state index >= 15 is 0 Å². The van der Waals surface area contributed by atoms with E-state index in [1.54, 1.807) is 0 Å². The predicted octanol–water partition coefficient (Wildman–Crippen LogP) is 14.1. The van der Waals surface area contributed by atoms with Crippen molar-refractivity contribution in [3.8, 4) is 0 Å². The summed E-state index contributed by atoms with van der Waals surface area (Å²) in [5, 5.41) is 6.07. The molecule has 4 heteroatoms. The average Bonchev–Trinajstić information content (AvgIpc) is 3.15. The fourth-order valence-electron chi connectivity index (χ4n) is 8.76. The van der Waals surface area contributed by atoms with Crippen molar-refractivity contribution in [2.45, 2.75) is 220 Å². The summed E-state index contributed by atoms with van der Waals surface area (Å²) < 4.78 is 0. The Labute approximate surface area is 324 Å². The van der Waals surface area contributed by atoms with Gasteiger partial charge in [0.05, 0.1) is 0 Å². The van der Waals surface area contributed by atoms with Crippen molar-refractivity contribution in [2.24, 2.45) is 23.7 Å². The minimum atomic E-state index is -0.0265. The van der Waals surface area contributed by atoms with Crippen LogP contribution < -0.4 is 10.6 Å². The lowest BCUT2D eigenvalue weighted by Crippen LogP contribution is -2.35. The smallest absolute Gasteiger partial charge is 0.250 e. The van der Waals surface area contributed by atoms with E-state index in [0.717, 1.165) is 62.4 Å². The van der Waals surface area contributed by atoms with Crippen LogP contribution in [0.4, 0.5) is 0 Å². The number of nitrogens with one attached hydrogen (secondary N) is 2.